The summed E-state index contributed by atoms with van der Waals surface area (Å²) in [4.78, 5) is 10.6. The van der Waals surface area contributed by atoms with E-state index in [-0.39, 0.29) is 5.92 Å². The minimum atomic E-state index is -0.806. The molecule has 1 heterocycles. The van der Waals surface area contributed by atoms with Crippen LogP contribution in [0.4, 0.5) is 0 Å². The van der Waals surface area contributed by atoms with Crippen LogP contribution in [-0.2, 0) is 11.2 Å². The van der Waals surface area contributed by atoms with Crippen molar-refractivity contribution in [2.75, 3.05) is 0 Å². The molecule has 1 N–H and O–H groups in total. The Labute approximate surface area is 82.9 Å². The molecule has 0 aliphatic heterocycles. The van der Waals surface area contributed by atoms with Crippen LogP contribution in [0, 0.1) is 5.92 Å². The van der Waals surface area contributed by atoms with Crippen molar-refractivity contribution in [1.29, 1.82) is 0 Å². The molecule has 1 aromatic heterocycles. The molecule has 1 aromatic rings. The second kappa shape index (κ2) is 4.26. The number of aromatic nitrogens is 1. The van der Waals surface area contributed by atoms with E-state index in [9.17, 15) is 4.79 Å². The highest BCUT2D eigenvalue weighted by Gasteiger charge is 2.15. The van der Waals surface area contributed by atoms with E-state index in [1.807, 2.05) is 19.9 Å². The largest absolute Gasteiger partial charge is 0.481 e. The van der Waals surface area contributed by atoms with Crippen molar-refractivity contribution in [3.8, 4) is 0 Å². The standard InChI is InChI=1S/C10H15NO3/c1-6(2)9-5-8(11-14-9)4-7(3)10(12)13/h5-7H,4H2,1-3H3,(H,12,13). The Morgan fingerprint density at radius 2 is 2.21 bits per heavy atom. The molecule has 0 aliphatic carbocycles. The zero-order valence-corrected chi connectivity index (χ0v) is 8.65. The number of carboxylic acids is 1. The molecule has 0 fully saturated rings. The summed E-state index contributed by atoms with van der Waals surface area (Å²) in [5.41, 5.74) is 0.712. The zero-order valence-electron chi connectivity index (χ0n) is 8.65. The number of carbonyl (C=O) groups is 1. The van der Waals surface area contributed by atoms with E-state index in [4.69, 9.17) is 9.63 Å². The smallest absolute Gasteiger partial charge is 0.306 e. The van der Waals surface area contributed by atoms with Gasteiger partial charge in [-0.2, -0.15) is 0 Å². The first kappa shape index (κ1) is 10.8. The number of carboxylic acid groups (broad SMARTS) is 1. The highest BCUT2D eigenvalue weighted by molar-refractivity contribution is 5.69. The zero-order chi connectivity index (χ0) is 10.7. The Hall–Kier alpha value is -1.32. The maximum Gasteiger partial charge on any atom is 0.306 e. The lowest BCUT2D eigenvalue weighted by atomic mass is 10.0. The summed E-state index contributed by atoms with van der Waals surface area (Å²) in [6.07, 6.45) is 0.422. The predicted octanol–water partition coefficient (Wildman–Crippen LogP) is 2.06. The van der Waals surface area contributed by atoms with Gasteiger partial charge in [-0.05, 0) is 0 Å². The third-order valence-electron chi connectivity index (χ3n) is 2.08. The summed E-state index contributed by atoms with van der Waals surface area (Å²) >= 11 is 0. The van der Waals surface area contributed by atoms with Gasteiger partial charge < -0.3 is 9.63 Å². The van der Waals surface area contributed by atoms with Crippen molar-refractivity contribution in [2.24, 2.45) is 5.92 Å². The monoisotopic (exact) mass is 197 g/mol. The summed E-state index contributed by atoms with van der Waals surface area (Å²) in [6, 6.07) is 1.82. The van der Waals surface area contributed by atoms with E-state index in [1.54, 1.807) is 6.92 Å². The molecule has 1 rings (SSSR count). The highest BCUT2D eigenvalue weighted by atomic mass is 16.5. The molecule has 0 saturated carbocycles. The van der Waals surface area contributed by atoms with E-state index >= 15 is 0 Å². The SMILES string of the molecule is CC(Cc1cc(C(C)C)on1)C(=O)O. The average molecular weight is 197 g/mol. The molecule has 4 nitrogen and oxygen atoms in total. The summed E-state index contributed by atoms with van der Waals surface area (Å²) in [7, 11) is 0. The molecule has 0 spiro atoms. The molecule has 0 radical (unpaired) electrons. The highest BCUT2D eigenvalue weighted by Crippen LogP contribution is 2.17. The molecule has 14 heavy (non-hydrogen) atoms. The summed E-state index contributed by atoms with van der Waals surface area (Å²) in [5, 5.41) is 12.5. The van der Waals surface area contributed by atoms with Crippen LogP contribution in [0.2, 0.25) is 0 Å². The van der Waals surface area contributed by atoms with E-state index in [0.29, 0.717) is 12.1 Å². The molecule has 0 aromatic carbocycles. The van der Waals surface area contributed by atoms with E-state index < -0.39 is 11.9 Å². The Bertz CT molecular complexity index is 317. The number of hydrogen-bond donors (Lipinski definition) is 1. The molecule has 0 saturated heterocycles. The van der Waals surface area contributed by atoms with E-state index in [1.165, 1.54) is 0 Å². The first-order valence-corrected chi connectivity index (χ1v) is 4.69. The third-order valence-corrected chi connectivity index (χ3v) is 2.08. The van der Waals surface area contributed by atoms with Gasteiger partial charge in [-0.25, -0.2) is 0 Å². The van der Waals surface area contributed by atoms with Crippen molar-refractivity contribution in [1.82, 2.24) is 5.16 Å². The molecule has 78 valence electrons. The van der Waals surface area contributed by atoms with Gasteiger partial charge in [-0.1, -0.05) is 25.9 Å². The van der Waals surface area contributed by atoms with E-state index in [0.717, 1.165) is 5.76 Å². The number of rotatable bonds is 4. The normalized spacial score (nSPS) is 13.1. The van der Waals surface area contributed by atoms with Gasteiger partial charge in [0, 0.05) is 18.4 Å². The molecular formula is C10H15NO3. The van der Waals surface area contributed by atoms with Crippen LogP contribution < -0.4 is 0 Å². The van der Waals surface area contributed by atoms with Crippen molar-refractivity contribution in [2.45, 2.75) is 33.1 Å². The van der Waals surface area contributed by atoms with Gasteiger partial charge in [0.2, 0.25) is 0 Å². The first-order valence-electron chi connectivity index (χ1n) is 4.69. The molecule has 4 heteroatoms. The van der Waals surface area contributed by atoms with Crippen molar-refractivity contribution in [3.63, 3.8) is 0 Å². The van der Waals surface area contributed by atoms with Gasteiger partial charge in [0.05, 0.1) is 11.6 Å². The minimum absolute atomic E-state index is 0.288. The molecule has 0 aliphatic rings. The summed E-state index contributed by atoms with van der Waals surface area (Å²) < 4.78 is 5.06. The van der Waals surface area contributed by atoms with Crippen LogP contribution >= 0.6 is 0 Å². The van der Waals surface area contributed by atoms with Crippen LogP contribution in [-0.4, -0.2) is 16.2 Å². The molecule has 0 amide bonds. The minimum Gasteiger partial charge on any atom is -0.481 e. The number of nitrogens with zero attached hydrogens (tertiary/aromatic N) is 1. The fourth-order valence-corrected chi connectivity index (χ4v) is 1.10. The Morgan fingerprint density at radius 3 is 2.64 bits per heavy atom. The lowest BCUT2D eigenvalue weighted by molar-refractivity contribution is -0.141. The second-order valence-corrected chi connectivity index (χ2v) is 3.82. The number of hydrogen-bond acceptors (Lipinski definition) is 3. The van der Waals surface area contributed by atoms with Crippen LogP contribution in [0.15, 0.2) is 10.6 Å². The fraction of sp³-hybridized carbons (Fsp3) is 0.600. The van der Waals surface area contributed by atoms with E-state index in [2.05, 4.69) is 5.16 Å². The summed E-state index contributed by atoms with van der Waals surface area (Å²) in [6.45, 7) is 5.67. The van der Waals surface area contributed by atoms with Crippen LogP contribution in [0.5, 0.6) is 0 Å². The lowest BCUT2D eigenvalue weighted by Crippen LogP contribution is -2.12. The fourth-order valence-electron chi connectivity index (χ4n) is 1.10. The lowest BCUT2D eigenvalue weighted by Gasteiger charge is -2.00. The van der Waals surface area contributed by atoms with Crippen LogP contribution in [0.1, 0.15) is 38.1 Å². The molecule has 1 atom stereocenters. The predicted molar refractivity (Wildman–Crippen MR) is 51.1 cm³/mol. The Morgan fingerprint density at radius 1 is 1.57 bits per heavy atom. The van der Waals surface area contributed by atoms with Gasteiger partial charge in [0.1, 0.15) is 5.76 Å². The van der Waals surface area contributed by atoms with Crippen molar-refractivity contribution < 1.29 is 14.4 Å². The Kier molecular flexibility index (Phi) is 3.28. The van der Waals surface area contributed by atoms with Gasteiger partial charge >= 0.3 is 5.97 Å². The van der Waals surface area contributed by atoms with Crippen LogP contribution in [0.3, 0.4) is 0 Å². The second-order valence-electron chi connectivity index (χ2n) is 3.82. The molecule has 0 bridgehead atoms. The average Bonchev–Trinajstić information content (AvgIpc) is 2.52. The topological polar surface area (TPSA) is 63.3 Å². The van der Waals surface area contributed by atoms with Gasteiger partial charge in [-0.3, -0.25) is 4.79 Å². The van der Waals surface area contributed by atoms with Crippen LogP contribution in [0.25, 0.3) is 0 Å². The van der Waals surface area contributed by atoms with Gasteiger partial charge in [-0.15, -0.1) is 0 Å². The van der Waals surface area contributed by atoms with Gasteiger partial charge in [0.25, 0.3) is 0 Å². The number of aliphatic carboxylic acids is 1. The van der Waals surface area contributed by atoms with Crippen molar-refractivity contribution in [3.05, 3.63) is 17.5 Å². The maximum atomic E-state index is 10.6. The molecule has 1 unspecified atom stereocenters. The maximum absolute atomic E-state index is 10.6. The Balaban J connectivity index is 2.64. The van der Waals surface area contributed by atoms with Crippen molar-refractivity contribution >= 4 is 5.97 Å². The first-order chi connectivity index (χ1) is 6.50. The summed E-state index contributed by atoms with van der Waals surface area (Å²) in [5.74, 6) is -0.131. The quantitative estimate of drug-likeness (QED) is 0.802. The van der Waals surface area contributed by atoms with Gasteiger partial charge in [0.15, 0.2) is 0 Å². The third kappa shape index (κ3) is 2.58. The molecular weight excluding hydrogens is 182 g/mol.